The van der Waals surface area contributed by atoms with Crippen molar-refractivity contribution in [3.63, 3.8) is 0 Å². The zero-order chi connectivity index (χ0) is 14.2. The average molecular weight is 275 g/mol. The van der Waals surface area contributed by atoms with E-state index in [0.717, 1.165) is 37.8 Å². The summed E-state index contributed by atoms with van der Waals surface area (Å²) in [5.74, 6) is 0.170. The van der Waals surface area contributed by atoms with Gasteiger partial charge in [0.2, 0.25) is 0 Å². The molecule has 0 amide bonds. The van der Waals surface area contributed by atoms with Crippen LogP contribution in [0.3, 0.4) is 0 Å². The molecule has 0 bridgehead atoms. The van der Waals surface area contributed by atoms with Gasteiger partial charge in [-0.1, -0.05) is 12.1 Å². The van der Waals surface area contributed by atoms with Gasteiger partial charge < -0.3 is 15.2 Å². The van der Waals surface area contributed by atoms with E-state index in [1.807, 2.05) is 12.1 Å². The van der Waals surface area contributed by atoms with Crippen LogP contribution in [0.4, 0.5) is 0 Å². The third-order valence-corrected chi connectivity index (χ3v) is 4.58. The van der Waals surface area contributed by atoms with Crippen LogP contribution in [-0.2, 0) is 4.74 Å². The predicted octanol–water partition coefficient (Wildman–Crippen LogP) is 2.04. The van der Waals surface area contributed by atoms with E-state index in [-0.39, 0.29) is 12.0 Å². The van der Waals surface area contributed by atoms with Gasteiger partial charge in [0.25, 0.3) is 0 Å². The van der Waals surface area contributed by atoms with Crippen LogP contribution >= 0.6 is 0 Å². The molecular weight excluding hydrogens is 254 g/mol. The average Bonchev–Trinajstić information content (AvgIpc) is 3.32. The molecule has 2 aliphatic rings. The summed E-state index contributed by atoms with van der Waals surface area (Å²) >= 11 is 0. The molecule has 1 saturated heterocycles. The van der Waals surface area contributed by atoms with Crippen LogP contribution in [0.1, 0.15) is 47.6 Å². The van der Waals surface area contributed by atoms with E-state index in [0.29, 0.717) is 11.5 Å². The third-order valence-electron chi connectivity index (χ3n) is 4.58. The summed E-state index contributed by atoms with van der Waals surface area (Å²) in [7, 11) is 1.38. The number of aliphatic hydroxyl groups is 1. The second-order valence-electron chi connectivity index (χ2n) is 5.95. The van der Waals surface area contributed by atoms with Crippen molar-refractivity contribution in [2.75, 3.05) is 13.7 Å². The van der Waals surface area contributed by atoms with Crippen LogP contribution in [0.2, 0.25) is 0 Å². The Balaban J connectivity index is 1.73. The second kappa shape index (κ2) is 5.19. The fourth-order valence-electron chi connectivity index (χ4n) is 3.19. The van der Waals surface area contributed by atoms with E-state index in [2.05, 4.69) is 5.32 Å². The molecule has 0 spiro atoms. The molecule has 1 aliphatic carbocycles. The van der Waals surface area contributed by atoms with Gasteiger partial charge in [0, 0.05) is 6.04 Å². The van der Waals surface area contributed by atoms with Crippen molar-refractivity contribution in [3.05, 3.63) is 35.4 Å². The van der Waals surface area contributed by atoms with Gasteiger partial charge in [0.15, 0.2) is 0 Å². The van der Waals surface area contributed by atoms with Crippen LogP contribution in [0.25, 0.3) is 0 Å². The van der Waals surface area contributed by atoms with Crippen molar-refractivity contribution in [1.82, 2.24) is 5.32 Å². The Kier molecular flexibility index (Phi) is 3.52. The van der Waals surface area contributed by atoms with Crippen molar-refractivity contribution in [2.24, 2.45) is 5.92 Å². The minimum atomic E-state index is -0.503. The Morgan fingerprint density at radius 3 is 2.65 bits per heavy atom. The summed E-state index contributed by atoms with van der Waals surface area (Å²) in [6.45, 7) is 0.844. The zero-order valence-electron chi connectivity index (χ0n) is 11.8. The molecule has 2 fully saturated rings. The summed E-state index contributed by atoms with van der Waals surface area (Å²) in [4.78, 5) is 11.4. The first-order valence-electron chi connectivity index (χ1n) is 7.26. The van der Waals surface area contributed by atoms with Crippen molar-refractivity contribution >= 4 is 5.97 Å². The maximum absolute atomic E-state index is 11.4. The molecule has 1 aliphatic heterocycles. The molecule has 0 radical (unpaired) electrons. The Hall–Kier alpha value is -1.39. The number of methoxy groups -OCH3 is 1. The Morgan fingerprint density at radius 1 is 1.35 bits per heavy atom. The molecule has 1 aromatic rings. The molecule has 3 rings (SSSR count). The fraction of sp³-hybridized carbons (Fsp3) is 0.562. The van der Waals surface area contributed by atoms with Crippen molar-refractivity contribution in [3.8, 4) is 0 Å². The lowest BCUT2D eigenvalue weighted by atomic mass is 9.81. The Bertz CT molecular complexity index is 495. The molecule has 0 aromatic heterocycles. The van der Waals surface area contributed by atoms with Gasteiger partial charge in [0.05, 0.1) is 18.3 Å². The number of hydrogen-bond donors (Lipinski definition) is 2. The van der Waals surface area contributed by atoms with E-state index in [9.17, 15) is 9.90 Å². The molecule has 4 nitrogen and oxygen atoms in total. The molecule has 1 aromatic carbocycles. The van der Waals surface area contributed by atoms with Crippen LogP contribution < -0.4 is 5.32 Å². The van der Waals surface area contributed by atoms with Gasteiger partial charge in [-0.2, -0.15) is 0 Å². The van der Waals surface area contributed by atoms with Crippen LogP contribution in [0.5, 0.6) is 0 Å². The molecule has 0 unspecified atom stereocenters. The van der Waals surface area contributed by atoms with E-state index in [1.165, 1.54) is 7.11 Å². The predicted molar refractivity (Wildman–Crippen MR) is 75.4 cm³/mol. The standard InChI is InChI=1S/C16H21NO3/c1-20-15(18)12-4-2-11(3-5-12)14-10-16(19,8-9-17-14)13-6-7-13/h2-5,13-14,17,19H,6-10H2,1H3/t14-,16-/m0/s1. The van der Waals surface area contributed by atoms with Gasteiger partial charge in [0.1, 0.15) is 0 Å². The first kappa shape index (κ1) is 13.6. The van der Waals surface area contributed by atoms with Crippen molar-refractivity contribution in [2.45, 2.75) is 37.3 Å². The lowest BCUT2D eigenvalue weighted by molar-refractivity contribution is -0.0246. The van der Waals surface area contributed by atoms with Crippen LogP contribution in [-0.4, -0.2) is 30.3 Å². The highest BCUT2D eigenvalue weighted by Gasteiger charge is 2.46. The lowest BCUT2D eigenvalue weighted by Crippen LogP contribution is -2.45. The lowest BCUT2D eigenvalue weighted by Gasteiger charge is -2.38. The minimum Gasteiger partial charge on any atom is -0.465 e. The summed E-state index contributed by atoms with van der Waals surface area (Å²) in [6.07, 6.45) is 3.92. The van der Waals surface area contributed by atoms with E-state index >= 15 is 0 Å². The number of ether oxygens (including phenoxy) is 1. The van der Waals surface area contributed by atoms with Gasteiger partial charge in [-0.05, 0) is 55.8 Å². The smallest absolute Gasteiger partial charge is 0.337 e. The first-order chi connectivity index (χ1) is 9.62. The van der Waals surface area contributed by atoms with Crippen molar-refractivity contribution < 1.29 is 14.6 Å². The number of benzene rings is 1. The molecule has 1 saturated carbocycles. The zero-order valence-corrected chi connectivity index (χ0v) is 11.8. The summed E-state index contributed by atoms with van der Waals surface area (Å²) < 4.78 is 4.70. The highest BCUT2D eigenvalue weighted by molar-refractivity contribution is 5.89. The number of esters is 1. The van der Waals surface area contributed by atoms with Gasteiger partial charge in [-0.25, -0.2) is 4.79 Å². The topological polar surface area (TPSA) is 58.6 Å². The Morgan fingerprint density at radius 2 is 2.05 bits per heavy atom. The highest BCUT2D eigenvalue weighted by Crippen LogP contribution is 2.47. The van der Waals surface area contributed by atoms with E-state index in [1.54, 1.807) is 12.1 Å². The van der Waals surface area contributed by atoms with E-state index < -0.39 is 5.60 Å². The summed E-state index contributed by atoms with van der Waals surface area (Å²) in [5.41, 5.74) is 1.18. The fourth-order valence-corrected chi connectivity index (χ4v) is 3.19. The number of nitrogens with one attached hydrogen (secondary N) is 1. The summed E-state index contributed by atoms with van der Waals surface area (Å²) in [5, 5.41) is 14.2. The monoisotopic (exact) mass is 275 g/mol. The quantitative estimate of drug-likeness (QED) is 0.829. The first-order valence-corrected chi connectivity index (χ1v) is 7.26. The van der Waals surface area contributed by atoms with Crippen LogP contribution in [0.15, 0.2) is 24.3 Å². The molecule has 4 heteroatoms. The molecule has 20 heavy (non-hydrogen) atoms. The van der Waals surface area contributed by atoms with Crippen molar-refractivity contribution in [1.29, 1.82) is 0 Å². The molecule has 108 valence electrons. The van der Waals surface area contributed by atoms with Gasteiger partial charge in [-0.3, -0.25) is 0 Å². The number of carbonyl (C=O) groups excluding carboxylic acids is 1. The molecular formula is C16H21NO3. The maximum Gasteiger partial charge on any atom is 0.337 e. The number of carbonyl (C=O) groups is 1. The van der Waals surface area contributed by atoms with Gasteiger partial charge in [-0.15, -0.1) is 0 Å². The Labute approximate surface area is 119 Å². The number of rotatable bonds is 3. The largest absolute Gasteiger partial charge is 0.465 e. The minimum absolute atomic E-state index is 0.168. The number of hydrogen-bond acceptors (Lipinski definition) is 4. The summed E-state index contributed by atoms with van der Waals surface area (Å²) in [6, 6.07) is 7.63. The second-order valence-corrected chi connectivity index (χ2v) is 5.95. The van der Waals surface area contributed by atoms with Crippen LogP contribution in [0, 0.1) is 5.92 Å². The highest BCUT2D eigenvalue weighted by atomic mass is 16.5. The molecule has 2 N–H and O–H groups in total. The SMILES string of the molecule is COC(=O)c1ccc([C@@H]2C[C@](O)(C3CC3)CCN2)cc1. The third kappa shape index (κ3) is 2.58. The normalized spacial score (nSPS) is 30.0. The molecule has 1 heterocycles. The maximum atomic E-state index is 11.4. The molecule has 2 atom stereocenters. The number of piperidine rings is 1. The van der Waals surface area contributed by atoms with Gasteiger partial charge >= 0.3 is 5.97 Å². The van der Waals surface area contributed by atoms with E-state index in [4.69, 9.17) is 4.74 Å².